The third kappa shape index (κ3) is 14.1. The summed E-state index contributed by atoms with van der Waals surface area (Å²) >= 11 is 0. The highest BCUT2D eigenvalue weighted by Crippen LogP contribution is 2.33. The van der Waals surface area contributed by atoms with Gasteiger partial charge in [0.25, 0.3) is 0 Å². The number of aliphatic hydroxyl groups is 2. The molecule has 2 saturated heterocycles. The van der Waals surface area contributed by atoms with E-state index >= 15 is 0 Å². The quantitative estimate of drug-likeness (QED) is 0.0997. The Bertz CT molecular complexity index is 1360. The molecule has 1 unspecified atom stereocenters. The first kappa shape index (κ1) is 45.7. The van der Waals surface area contributed by atoms with Crippen LogP contribution in [-0.4, -0.2) is 151 Å². The Morgan fingerprint density at radius 1 is 0.537 bits per heavy atom. The minimum absolute atomic E-state index is 0.577. The molecule has 2 rings (SSSR count). The first-order valence-electron chi connectivity index (χ1n) is 16.4. The lowest BCUT2D eigenvalue weighted by molar-refractivity contribution is -0.357. The average Bonchev–Trinajstić information content (AvgIpc) is 3.01. The SMILES string of the molecule is CC(=O)OCC1O[C@@H](OC[C@H]2O[C@@H](O[C@H](OC(C)=O)[C@@H](OC(C)=O)[C@H](C)O)[C@H](OC(C)=O)[C@@H](OC(C)=O)[C@@H]2OC(C)=O)[C@H](O)[C@@H](OC(C)=O)[C@@H]1OC(C)=O. The van der Waals surface area contributed by atoms with Gasteiger partial charge in [0.15, 0.2) is 42.9 Å². The lowest BCUT2D eigenvalue weighted by Gasteiger charge is -2.46. The molecule has 306 valence electrons. The van der Waals surface area contributed by atoms with E-state index in [2.05, 4.69) is 0 Å². The summed E-state index contributed by atoms with van der Waals surface area (Å²) in [7, 11) is 0. The molecule has 0 aromatic rings. The Morgan fingerprint density at radius 3 is 1.43 bits per heavy atom. The van der Waals surface area contributed by atoms with E-state index in [1.54, 1.807) is 0 Å². The minimum Gasteiger partial charge on any atom is -0.463 e. The Morgan fingerprint density at radius 2 is 0.963 bits per heavy atom. The zero-order valence-corrected chi connectivity index (χ0v) is 31.0. The molecule has 13 atom stereocenters. The third-order valence-corrected chi connectivity index (χ3v) is 7.19. The van der Waals surface area contributed by atoms with Crippen LogP contribution in [0, 0.1) is 0 Å². The van der Waals surface area contributed by atoms with Gasteiger partial charge in [0.1, 0.15) is 24.9 Å². The smallest absolute Gasteiger partial charge is 0.305 e. The summed E-state index contributed by atoms with van der Waals surface area (Å²) in [4.78, 5) is 96.5. The van der Waals surface area contributed by atoms with Crippen LogP contribution in [0.25, 0.3) is 0 Å². The number of aliphatic hydroxyl groups excluding tert-OH is 2. The Hall–Kier alpha value is -4.48. The van der Waals surface area contributed by atoms with Crippen molar-refractivity contribution in [1.82, 2.24) is 0 Å². The monoisotopic (exact) mass is 782 g/mol. The molecule has 54 heavy (non-hydrogen) atoms. The molecule has 2 N–H and O–H groups in total. The van der Waals surface area contributed by atoms with Crippen molar-refractivity contribution in [3.63, 3.8) is 0 Å². The van der Waals surface area contributed by atoms with Gasteiger partial charge in [-0.3, -0.25) is 38.4 Å². The predicted molar refractivity (Wildman–Crippen MR) is 168 cm³/mol. The Balaban J connectivity index is 2.63. The van der Waals surface area contributed by atoms with Crippen molar-refractivity contribution in [1.29, 1.82) is 0 Å². The molecule has 0 aromatic heterocycles. The van der Waals surface area contributed by atoms with Gasteiger partial charge in [-0.1, -0.05) is 0 Å². The van der Waals surface area contributed by atoms with Crippen molar-refractivity contribution in [3.8, 4) is 0 Å². The zero-order valence-electron chi connectivity index (χ0n) is 31.0. The normalized spacial score (nSPS) is 29.5. The maximum absolute atomic E-state index is 12.4. The van der Waals surface area contributed by atoms with Crippen LogP contribution < -0.4 is 0 Å². The molecule has 0 spiro atoms. The molecule has 0 bridgehead atoms. The second-order valence-electron chi connectivity index (χ2n) is 12.0. The molecule has 2 fully saturated rings. The van der Waals surface area contributed by atoms with E-state index in [0.717, 1.165) is 55.4 Å². The van der Waals surface area contributed by atoms with Crippen molar-refractivity contribution < 1.29 is 105 Å². The van der Waals surface area contributed by atoms with E-state index in [-0.39, 0.29) is 0 Å². The molecule has 0 radical (unpaired) electrons. The van der Waals surface area contributed by atoms with Crippen LogP contribution in [-0.2, 0) is 95.2 Å². The van der Waals surface area contributed by atoms with Crippen LogP contribution in [0.15, 0.2) is 0 Å². The summed E-state index contributed by atoms with van der Waals surface area (Å²) in [5.41, 5.74) is 0. The van der Waals surface area contributed by atoms with Crippen molar-refractivity contribution in [3.05, 3.63) is 0 Å². The second-order valence-corrected chi connectivity index (χ2v) is 12.0. The molecular formula is C32H46O22. The standard InChI is InChI=1S/C32H46O22/c1-12(33)24(45-14(3)35)31(51-20(9)41)54-32-29(50-19(8)40)28(49-18(7)39)26(47-16(5)37)22(53-32)11-44-30-23(42)27(48-17(6)38)25(46-15(4)36)21(52-30)10-43-13(2)34/h12,21-33,42H,10-11H2,1-9H3/t12-,21?,22+,23+,24-,25+,26+,27+,28-,29+,30+,31-,32-/m0/s1. The molecule has 2 aliphatic rings. The van der Waals surface area contributed by atoms with Crippen molar-refractivity contribution >= 4 is 47.8 Å². The van der Waals surface area contributed by atoms with Crippen LogP contribution in [0.4, 0.5) is 0 Å². The van der Waals surface area contributed by atoms with Crippen LogP contribution in [0.1, 0.15) is 62.3 Å². The van der Waals surface area contributed by atoms with Gasteiger partial charge >= 0.3 is 47.8 Å². The summed E-state index contributed by atoms with van der Waals surface area (Å²) in [5, 5.41) is 21.6. The molecule has 0 aliphatic carbocycles. The van der Waals surface area contributed by atoms with Crippen LogP contribution in [0.2, 0.25) is 0 Å². The molecule has 2 heterocycles. The van der Waals surface area contributed by atoms with Gasteiger partial charge in [-0.05, 0) is 6.92 Å². The zero-order chi connectivity index (χ0) is 41.0. The lowest BCUT2D eigenvalue weighted by atomic mass is 9.97. The number of esters is 8. The van der Waals surface area contributed by atoms with Crippen molar-refractivity contribution in [2.45, 2.75) is 142 Å². The number of carbonyl (C=O) groups is 8. The van der Waals surface area contributed by atoms with Crippen molar-refractivity contribution in [2.75, 3.05) is 13.2 Å². The highest BCUT2D eigenvalue weighted by atomic mass is 16.8. The Kier molecular flexibility index (Phi) is 17.6. The number of carbonyl (C=O) groups excluding carboxylic acids is 8. The predicted octanol–water partition coefficient (Wildman–Crippen LogP) is -1.75. The molecule has 2 aliphatic heterocycles. The van der Waals surface area contributed by atoms with Gasteiger partial charge in [-0.2, -0.15) is 0 Å². The van der Waals surface area contributed by atoms with Gasteiger partial charge in [-0.25, -0.2) is 0 Å². The molecular weight excluding hydrogens is 736 g/mol. The fourth-order valence-electron chi connectivity index (χ4n) is 5.36. The van der Waals surface area contributed by atoms with Crippen molar-refractivity contribution in [2.24, 2.45) is 0 Å². The number of ether oxygens (including phenoxy) is 12. The summed E-state index contributed by atoms with van der Waals surface area (Å²) in [6.07, 6.45) is -22.3. The van der Waals surface area contributed by atoms with E-state index < -0.39 is 141 Å². The van der Waals surface area contributed by atoms with Gasteiger partial charge in [0.2, 0.25) is 12.6 Å². The van der Waals surface area contributed by atoms with Gasteiger partial charge in [-0.15, -0.1) is 0 Å². The van der Waals surface area contributed by atoms with Crippen LogP contribution >= 0.6 is 0 Å². The Labute approximate surface area is 308 Å². The number of hydrogen-bond donors (Lipinski definition) is 2. The third-order valence-electron chi connectivity index (χ3n) is 7.19. The number of rotatable bonds is 16. The minimum atomic E-state index is -1.97. The second kappa shape index (κ2) is 20.8. The summed E-state index contributed by atoms with van der Waals surface area (Å²) in [6.45, 7) is 7.81. The van der Waals surface area contributed by atoms with Gasteiger partial charge in [0.05, 0.1) is 12.7 Å². The molecule has 22 nitrogen and oxygen atoms in total. The lowest BCUT2D eigenvalue weighted by Crippen LogP contribution is -2.65. The molecule has 22 heteroatoms. The first-order chi connectivity index (χ1) is 25.1. The van der Waals surface area contributed by atoms with E-state index in [0.29, 0.717) is 0 Å². The maximum Gasteiger partial charge on any atom is 0.305 e. The fraction of sp³-hybridized carbons (Fsp3) is 0.750. The average molecular weight is 783 g/mol. The highest BCUT2D eigenvalue weighted by molar-refractivity contribution is 5.69. The fourth-order valence-corrected chi connectivity index (χ4v) is 5.36. The molecule has 0 amide bonds. The topological polar surface area (TPSA) is 288 Å². The van der Waals surface area contributed by atoms with Crippen LogP contribution in [0.5, 0.6) is 0 Å². The molecule has 0 aromatic carbocycles. The summed E-state index contributed by atoms with van der Waals surface area (Å²) < 4.78 is 65.4. The number of hydrogen-bond acceptors (Lipinski definition) is 22. The van der Waals surface area contributed by atoms with Gasteiger partial charge < -0.3 is 67.1 Å². The van der Waals surface area contributed by atoms with E-state index in [9.17, 15) is 48.6 Å². The van der Waals surface area contributed by atoms with Crippen LogP contribution in [0.3, 0.4) is 0 Å². The largest absolute Gasteiger partial charge is 0.463 e. The summed E-state index contributed by atoms with van der Waals surface area (Å²) in [5.74, 6) is -7.40. The van der Waals surface area contributed by atoms with E-state index in [1.807, 2.05) is 0 Å². The van der Waals surface area contributed by atoms with E-state index in [4.69, 9.17) is 56.8 Å². The van der Waals surface area contributed by atoms with Gasteiger partial charge in [0, 0.05) is 55.4 Å². The highest BCUT2D eigenvalue weighted by Gasteiger charge is 2.55. The maximum atomic E-state index is 12.4. The summed E-state index contributed by atoms with van der Waals surface area (Å²) in [6, 6.07) is 0. The molecule has 0 saturated carbocycles. The first-order valence-corrected chi connectivity index (χ1v) is 16.4. The van der Waals surface area contributed by atoms with E-state index in [1.165, 1.54) is 6.92 Å².